The number of aromatic nitrogens is 1. The Balaban J connectivity index is 1.99. The first-order chi connectivity index (χ1) is 9.95. The van der Waals surface area contributed by atoms with E-state index < -0.39 is 17.8 Å². The number of carbonyl (C=O) groups excluding carboxylic acids is 1. The van der Waals surface area contributed by atoms with Gasteiger partial charge < -0.3 is 15.7 Å². The third kappa shape index (κ3) is 3.99. The summed E-state index contributed by atoms with van der Waals surface area (Å²) in [5.74, 6) is -1.91. The van der Waals surface area contributed by atoms with Crippen LogP contribution in [0.5, 0.6) is 0 Å². The van der Waals surface area contributed by atoms with Crippen LogP contribution >= 0.6 is 11.3 Å². The molecule has 0 atom stereocenters. The van der Waals surface area contributed by atoms with Crippen LogP contribution in [0.25, 0.3) is 0 Å². The van der Waals surface area contributed by atoms with Crippen molar-refractivity contribution in [2.24, 2.45) is 0 Å². The molecule has 0 fully saturated rings. The molecule has 0 spiro atoms. The molecule has 6 nitrogen and oxygen atoms in total. The fourth-order valence-electron chi connectivity index (χ4n) is 1.56. The molecule has 110 valence electrons. The minimum atomic E-state index is -1.20. The molecule has 21 heavy (non-hydrogen) atoms. The molecule has 0 aliphatic heterocycles. The van der Waals surface area contributed by atoms with Gasteiger partial charge in [0.15, 0.2) is 0 Å². The van der Waals surface area contributed by atoms with Crippen molar-refractivity contribution in [3.63, 3.8) is 0 Å². The van der Waals surface area contributed by atoms with Crippen molar-refractivity contribution in [3.8, 4) is 0 Å². The molecule has 2 rings (SSSR count). The fraction of sp³-hybridized carbons (Fsp3) is 0.154. The standard InChI is InChI=1S/C13H12FN3O3S/c1-7-6-21-11(16-7)5-15-13(20)17-10-4-8(12(18)19)2-3-9(10)14/h2-4,6H,5H2,1H3,(H,18,19)(H2,15,17,20). The van der Waals surface area contributed by atoms with E-state index in [0.717, 1.165) is 28.9 Å². The Kier molecular flexibility index (Phi) is 4.49. The summed E-state index contributed by atoms with van der Waals surface area (Å²) in [5.41, 5.74) is 0.558. The molecule has 2 amide bonds. The van der Waals surface area contributed by atoms with Gasteiger partial charge in [0.1, 0.15) is 10.8 Å². The van der Waals surface area contributed by atoms with Crippen LogP contribution in [0.15, 0.2) is 23.6 Å². The van der Waals surface area contributed by atoms with E-state index in [-0.39, 0.29) is 17.8 Å². The van der Waals surface area contributed by atoms with Gasteiger partial charge in [-0.15, -0.1) is 11.3 Å². The first kappa shape index (κ1) is 14.9. The zero-order valence-electron chi connectivity index (χ0n) is 11.0. The van der Waals surface area contributed by atoms with Crippen molar-refractivity contribution >= 4 is 29.0 Å². The first-order valence-corrected chi connectivity index (χ1v) is 6.82. The summed E-state index contributed by atoms with van der Waals surface area (Å²) >= 11 is 1.40. The normalized spacial score (nSPS) is 10.2. The summed E-state index contributed by atoms with van der Waals surface area (Å²) < 4.78 is 13.5. The van der Waals surface area contributed by atoms with Crippen molar-refractivity contribution in [1.82, 2.24) is 10.3 Å². The number of hydrogen-bond acceptors (Lipinski definition) is 4. The predicted molar refractivity (Wildman–Crippen MR) is 76.1 cm³/mol. The molecule has 0 bridgehead atoms. The van der Waals surface area contributed by atoms with E-state index in [0.29, 0.717) is 0 Å². The highest BCUT2D eigenvalue weighted by Crippen LogP contribution is 2.16. The van der Waals surface area contributed by atoms with Crippen molar-refractivity contribution in [1.29, 1.82) is 0 Å². The molecule has 1 aromatic heterocycles. The second-order valence-electron chi connectivity index (χ2n) is 4.19. The van der Waals surface area contributed by atoms with E-state index in [4.69, 9.17) is 5.11 Å². The maximum atomic E-state index is 13.5. The Bertz CT molecular complexity index is 687. The number of nitrogens with zero attached hydrogens (tertiary/aromatic N) is 1. The lowest BCUT2D eigenvalue weighted by Gasteiger charge is -2.08. The minimum Gasteiger partial charge on any atom is -0.478 e. The van der Waals surface area contributed by atoms with E-state index in [1.807, 2.05) is 12.3 Å². The molecule has 8 heteroatoms. The van der Waals surface area contributed by atoms with Crippen LogP contribution < -0.4 is 10.6 Å². The van der Waals surface area contributed by atoms with E-state index in [1.54, 1.807) is 0 Å². The number of thiazole rings is 1. The number of aromatic carboxylic acids is 1. The monoisotopic (exact) mass is 309 g/mol. The number of urea groups is 1. The number of anilines is 1. The molecular weight excluding hydrogens is 297 g/mol. The Morgan fingerprint density at radius 2 is 2.19 bits per heavy atom. The topological polar surface area (TPSA) is 91.3 Å². The number of hydrogen-bond donors (Lipinski definition) is 3. The third-order valence-corrected chi connectivity index (χ3v) is 3.49. The van der Waals surface area contributed by atoms with E-state index in [1.165, 1.54) is 11.3 Å². The van der Waals surface area contributed by atoms with Crippen LogP contribution in [-0.4, -0.2) is 22.1 Å². The maximum Gasteiger partial charge on any atom is 0.335 e. The summed E-state index contributed by atoms with van der Waals surface area (Å²) in [5, 5.41) is 16.2. The highest BCUT2D eigenvalue weighted by Gasteiger charge is 2.11. The fourth-order valence-corrected chi connectivity index (χ4v) is 2.27. The van der Waals surface area contributed by atoms with Gasteiger partial charge in [-0.1, -0.05) is 0 Å². The quantitative estimate of drug-likeness (QED) is 0.809. The molecule has 0 saturated carbocycles. The summed E-state index contributed by atoms with van der Waals surface area (Å²) in [4.78, 5) is 26.6. The maximum absolute atomic E-state index is 13.5. The number of nitrogens with one attached hydrogen (secondary N) is 2. The Morgan fingerprint density at radius 1 is 1.43 bits per heavy atom. The van der Waals surface area contributed by atoms with Gasteiger partial charge in [0, 0.05) is 11.1 Å². The smallest absolute Gasteiger partial charge is 0.335 e. The molecule has 0 radical (unpaired) electrons. The largest absolute Gasteiger partial charge is 0.478 e. The van der Waals surface area contributed by atoms with Crippen LogP contribution in [0.3, 0.4) is 0 Å². The highest BCUT2D eigenvalue weighted by atomic mass is 32.1. The van der Waals surface area contributed by atoms with Crippen LogP contribution in [0, 0.1) is 12.7 Å². The molecule has 2 aromatic rings. The number of rotatable bonds is 4. The summed E-state index contributed by atoms with van der Waals surface area (Å²) in [7, 11) is 0. The van der Waals surface area contributed by atoms with E-state index in [2.05, 4.69) is 15.6 Å². The van der Waals surface area contributed by atoms with Gasteiger partial charge in [-0.05, 0) is 25.1 Å². The van der Waals surface area contributed by atoms with Crippen molar-refractivity contribution in [2.75, 3.05) is 5.32 Å². The van der Waals surface area contributed by atoms with Crippen molar-refractivity contribution in [2.45, 2.75) is 13.5 Å². The number of carboxylic acid groups (broad SMARTS) is 1. The van der Waals surface area contributed by atoms with Gasteiger partial charge in [0.05, 0.1) is 17.8 Å². The molecule has 1 heterocycles. The lowest BCUT2D eigenvalue weighted by Crippen LogP contribution is -2.28. The summed E-state index contributed by atoms with van der Waals surface area (Å²) in [6.45, 7) is 2.05. The molecule has 0 aliphatic carbocycles. The highest BCUT2D eigenvalue weighted by molar-refractivity contribution is 7.09. The average Bonchev–Trinajstić information content (AvgIpc) is 2.84. The number of amides is 2. The number of carboxylic acids is 1. The lowest BCUT2D eigenvalue weighted by atomic mass is 10.2. The van der Waals surface area contributed by atoms with E-state index in [9.17, 15) is 14.0 Å². The van der Waals surface area contributed by atoms with Crippen LogP contribution in [0.2, 0.25) is 0 Å². The Morgan fingerprint density at radius 3 is 2.81 bits per heavy atom. The third-order valence-electron chi connectivity index (χ3n) is 2.53. The number of carbonyl (C=O) groups is 2. The zero-order valence-corrected chi connectivity index (χ0v) is 11.8. The molecule has 0 aliphatic rings. The zero-order chi connectivity index (χ0) is 15.4. The molecule has 3 N–H and O–H groups in total. The van der Waals surface area contributed by atoms with Gasteiger partial charge in [-0.25, -0.2) is 19.0 Å². The first-order valence-electron chi connectivity index (χ1n) is 5.94. The Labute approximate surface area is 123 Å². The summed E-state index contributed by atoms with van der Waals surface area (Å²) in [6, 6.07) is 2.54. The predicted octanol–water partition coefficient (Wildman–Crippen LogP) is 2.61. The van der Waals surface area contributed by atoms with Crippen LogP contribution in [0.1, 0.15) is 21.1 Å². The van der Waals surface area contributed by atoms with Gasteiger partial charge in [-0.2, -0.15) is 0 Å². The van der Waals surface area contributed by atoms with Crippen LogP contribution in [0.4, 0.5) is 14.9 Å². The molecule has 0 saturated heterocycles. The van der Waals surface area contributed by atoms with Gasteiger partial charge in [-0.3, -0.25) is 0 Å². The Hall–Kier alpha value is -2.48. The lowest BCUT2D eigenvalue weighted by molar-refractivity contribution is 0.0697. The average molecular weight is 309 g/mol. The van der Waals surface area contributed by atoms with Crippen LogP contribution in [-0.2, 0) is 6.54 Å². The SMILES string of the molecule is Cc1csc(CNC(=O)Nc2cc(C(=O)O)ccc2F)n1. The van der Waals surface area contributed by atoms with Crippen molar-refractivity contribution in [3.05, 3.63) is 45.7 Å². The van der Waals surface area contributed by atoms with Crippen molar-refractivity contribution < 1.29 is 19.1 Å². The molecule has 0 unspecified atom stereocenters. The second kappa shape index (κ2) is 6.31. The minimum absolute atomic E-state index is 0.109. The van der Waals surface area contributed by atoms with Gasteiger partial charge in [0.25, 0.3) is 0 Å². The number of halogens is 1. The van der Waals surface area contributed by atoms with Gasteiger partial charge >= 0.3 is 12.0 Å². The van der Waals surface area contributed by atoms with E-state index >= 15 is 0 Å². The number of aryl methyl sites for hydroxylation is 1. The number of benzene rings is 1. The summed E-state index contributed by atoms with van der Waals surface area (Å²) in [6.07, 6.45) is 0. The van der Waals surface area contributed by atoms with Gasteiger partial charge in [0.2, 0.25) is 0 Å². The second-order valence-corrected chi connectivity index (χ2v) is 5.13. The molecular formula is C13H12FN3O3S. The molecule has 1 aromatic carbocycles.